The Kier molecular flexibility index (Phi) is 29.7. The first-order valence-electron chi connectivity index (χ1n) is 1.72. The normalized spacial score (nSPS) is 6.00. The summed E-state index contributed by atoms with van der Waals surface area (Å²) in [5.41, 5.74) is 0. The van der Waals surface area contributed by atoms with E-state index in [1.807, 2.05) is 6.92 Å². The zero-order valence-electron chi connectivity index (χ0n) is 3.76. The molecule has 0 unspecified atom stereocenters. The summed E-state index contributed by atoms with van der Waals surface area (Å²) in [4.78, 5) is 0. The number of rotatable bonds is 1. The zero-order chi connectivity index (χ0) is 5.41. The molecule has 0 aromatic rings. The summed E-state index contributed by atoms with van der Waals surface area (Å²) >= 11 is 2.53. The standard InChI is InChI=1S/C3H8O.H2OS/c1-2-3-4;1-2/h4H,2-3H2,1H3;1-2H. The van der Waals surface area contributed by atoms with Gasteiger partial charge in [-0.15, -0.1) is 0 Å². The van der Waals surface area contributed by atoms with E-state index < -0.39 is 0 Å². The van der Waals surface area contributed by atoms with Gasteiger partial charge in [0, 0.05) is 6.61 Å². The van der Waals surface area contributed by atoms with Crippen molar-refractivity contribution in [3.63, 3.8) is 0 Å². The summed E-state index contributed by atoms with van der Waals surface area (Å²) in [6.45, 7) is 2.25. The van der Waals surface area contributed by atoms with E-state index in [2.05, 4.69) is 12.9 Å². The van der Waals surface area contributed by atoms with E-state index >= 15 is 0 Å². The van der Waals surface area contributed by atoms with E-state index in [4.69, 9.17) is 9.66 Å². The first-order valence-corrected chi connectivity index (χ1v) is 2.12. The van der Waals surface area contributed by atoms with Crippen LogP contribution in [0.25, 0.3) is 0 Å². The molecule has 2 nitrogen and oxygen atoms in total. The van der Waals surface area contributed by atoms with E-state index in [9.17, 15) is 0 Å². The highest BCUT2D eigenvalue weighted by Crippen LogP contribution is 1.61. The molecular formula is C3H10O2S. The van der Waals surface area contributed by atoms with Crippen LogP contribution >= 0.6 is 12.9 Å². The van der Waals surface area contributed by atoms with Gasteiger partial charge < -0.3 is 9.66 Å². The van der Waals surface area contributed by atoms with Gasteiger partial charge in [-0.05, 0) is 19.3 Å². The fraction of sp³-hybridized carbons (Fsp3) is 1.00. The van der Waals surface area contributed by atoms with Gasteiger partial charge in [-0.1, -0.05) is 6.92 Å². The Labute approximate surface area is 43.4 Å². The van der Waals surface area contributed by atoms with E-state index in [1.165, 1.54) is 0 Å². The Bertz CT molecular complexity index is 10.8. The Morgan fingerprint density at radius 2 is 1.67 bits per heavy atom. The number of hydrogen-bond donors (Lipinski definition) is 3. The molecule has 0 saturated carbocycles. The smallest absolute Gasteiger partial charge is 0.0428 e. The molecule has 0 heterocycles. The lowest BCUT2D eigenvalue weighted by molar-refractivity contribution is 0.295. The fourth-order valence-electron chi connectivity index (χ4n) is 0. The molecule has 0 fully saturated rings. The molecule has 0 amide bonds. The van der Waals surface area contributed by atoms with Gasteiger partial charge in [-0.25, -0.2) is 0 Å². The van der Waals surface area contributed by atoms with Gasteiger partial charge in [0.05, 0.1) is 0 Å². The summed E-state index contributed by atoms with van der Waals surface area (Å²) < 4.78 is 6.69. The lowest BCUT2D eigenvalue weighted by atomic mass is 10.5. The fourth-order valence-corrected chi connectivity index (χ4v) is 0. The third-order valence-electron chi connectivity index (χ3n) is 0.224. The minimum absolute atomic E-state index is 0.319. The SMILES string of the molecule is CCCO.OS. The quantitative estimate of drug-likeness (QED) is 0.345. The Hall–Kier alpha value is 0.270. The van der Waals surface area contributed by atoms with Crippen molar-refractivity contribution in [3.05, 3.63) is 0 Å². The minimum atomic E-state index is 0.319. The van der Waals surface area contributed by atoms with Gasteiger partial charge >= 0.3 is 0 Å². The van der Waals surface area contributed by atoms with Crippen LogP contribution in [0.4, 0.5) is 0 Å². The summed E-state index contributed by atoms with van der Waals surface area (Å²) in [6, 6.07) is 0. The molecule has 6 heavy (non-hydrogen) atoms. The molecule has 40 valence electrons. The molecule has 0 aliphatic rings. The molecule has 0 radical (unpaired) electrons. The maximum atomic E-state index is 7.88. The van der Waals surface area contributed by atoms with E-state index in [1.54, 1.807) is 0 Å². The molecule has 0 aromatic heterocycles. The molecular weight excluding hydrogens is 100 g/mol. The van der Waals surface area contributed by atoms with Gasteiger partial charge in [0.25, 0.3) is 0 Å². The zero-order valence-corrected chi connectivity index (χ0v) is 4.65. The minimum Gasteiger partial charge on any atom is -0.396 e. The van der Waals surface area contributed by atoms with E-state index in [-0.39, 0.29) is 0 Å². The highest BCUT2D eigenvalue weighted by Gasteiger charge is 1.57. The van der Waals surface area contributed by atoms with E-state index in [0.717, 1.165) is 6.42 Å². The van der Waals surface area contributed by atoms with Crippen LogP contribution in [-0.4, -0.2) is 16.3 Å². The second-order valence-corrected chi connectivity index (χ2v) is 0.724. The lowest BCUT2D eigenvalue weighted by Gasteiger charge is -1.69. The van der Waals surface area contributed by atoms with Crippen LogP contribution in [0.5, 0.6) is 0 Å². The summed E-state index contributed by atoms with van der Waals surface area (Å²) in [5.74, 6) is 0. The lowest BCUT2D eigenvalue weighted by Crippen LogP contribution is -1.69. The molecule has 0 rings (SSSR count). The third-order valence-corrected chi connectivity index (χ3v) is 0.224. The molecule has 0 saturated heterocycles. The molecule has 0 bridgehead atoms. The third kappa shape index (κ3) is 28.3. The molecule has 0 aliphatic carbocycles. The average Bonchev–Trinajstić information content (AvgIpc) is 1.72. The largest absolute Gasteiger partial charge is 0.396 e. The highest BCUT2D eigenvalue weighted by atomic mass is 32.1. The summed E-state index contributed by atoms with van der Waals surface area (Å²) in [5, 5.41) is 7.88. The van der Waals surface area contributed by atoms with Crippen molar-refractivity contribution < 1.29 is 9.66 Å². The number of aliphatic hydroxyl groups excluding tert-OH is 1. The molecule has 0 aliphatic heterocycles. The number of hydrogen-bond acceptors (Lipinski definition) is 3. The van der Waals surface area contributed by atoms with Crippen molar-refractivity contribution in [3.8, 4) is 0 Å². The van der Waals surface area contributed by atoms with Gasteiger partial charge in [0.15, 0.2) is 0 Å². The summed E-state index contributed by atoms with van der Waals surface area (Å²) in [7, 11) is 0. The van der Waals surface area contributed by atoms with Gasteiger partial charge in [-0.3, -0.25) is 0 Å². The van der Waals surface area contributed by atoms with Crippen molar-refractivity contribution in [1.82, 2.24) is 0 Å². The van der Waals surface area contributed by atoms with Crippen molar-refractivity contribution in [2.75, 3.05) is 6.61 Å². The first-order chi connectivity index (χ1) is 2.91. The average molecular weight is 110 g/mol. The van der Waals surface area contributed by atoms with Crippen molar-refractivity contribution in [2.24, 2.45) is 0 Å². The summed E-state index contributed by atoms with van der Waals surface area (Å²) in [6.07, 6.45) is 0.875. The second-order valence-electron chi connectivity index (χ2n) is 0.724. The maximum Gasteiger partial charge on any atom is 0.0428 e. The molecule has 3 heteroatoms. The first kappa shape index (κ1) is 9.55. The van der Waals surface area contributed by atoms with Crippen molar-refractivity contribution in [1.29, 1.82) is 0 Å². The van der Waals surface area contributed by atoms with Crippen LogP contribution in [0, 0.1) is 0 Å². The van der Waals surface area contributed by atoms with Crippen LogP contribution in [0.1, 0.15) is 13.3 Å². The van der Waals surface area contributed by atoms with Crippen molar-refractivity contribution >= 4 is 12.9 Å². The Morgan fingerprint density at radius 3 is 1.67 bits per heavy atom. The Balaban J connectivity index is 0. The molecule has 0 aromatic carbocycles. The number of thiol groups is 1. The molecule has 0 atom stereocenters. The van der Waals surface area contributed by atoms with Crippen LogP contribution < -0.4 is 0 Å². The van der Waals surface area contributed by atoms with Gasteiger partial charge in [0.2, 0.25) is 0 Å². The van der Waals surface area contributed by atoms with Gasteiger partial charge in [0.1, 0.15) is 0 Å². The second kappa shape index (κ2) is 18.6. The number of aliphatic hydroxyl groups is 1. The van der Waals surface area contributed by atoms with Crippen LogP contribution in [0.2, 0.25) is 0 Å². The van der Waals surface area contributed by atoms with E-state index in [0.29, 0.717) is 6.61 Å². The van der Waals surface area contributed by atoms with Crippen molar-refractivity contribution in [2.45, 2.75) is 13.3 Å². The van der Waals surface area contributed by atoms with Crippen LogP contribution in [0.15, 0.2) is 0 Å². The van der Waals surface area contributed by atoms with Gasteiger partial charge in [-0.2, -0.15) is 0 Å². The van der Waals surface area contributed by atoms with Crippen LogP contribution in [-0.2, 0) is 0 Å². The molecule has 0 spiro atoms. The predicted molar refractivity (Wildman–Crippen MR) is 29.0 cm³/mol. The topological polar surface area (TPSA) is 40.5 Å². The predicted octanol–water partition coefficient (Wildman–Crippen LogP) is 0.778. The maximum absolute atomic E-state index is 7.88. The Morgan fingerprint density at radius 1 is 1.50 bits per heavy atom. The van der Waals surface area contributed by atoms with Crippen LogP contribution in [0.3, 0.4) is 0 Å². The monoisotopic (exact) mass is 110 g/mol. The highest BCUT2D eigenvalue weighted by molar-refractivity contribution is 7.74. The molecule has 2 N–H and O–H groups in total.